The number of likely N-dealkylation sites (N-methyl/N-ethyl adjacent to an activating group) is 1. The van der Waals surface area contributed by atoms with E-state index in [2.05, 4.69) is 46.1 Å². The van der Waals surface area contributed by atoms with Gasteiger partial charge in [-0.15, -0.1) is 0 Å². The molecule has 4 heteroatoms. The van der Waals surface area contributed by atoms with Gasteiger partial charge in [-0.1, -0.05) is 30.3 Å². The Morgan fingerprint density at radius 1 is 0.962 bits per heavy atom. The van der Waals surface area contributed by atoms with E-state index in [0.717, 1.165) is 42.8 Å². The molecule has 2 heterocycles. The Kier molecular flexibility index (Phi) is 5.02. The van der Waals surface area contributed by atoms with Gasteiger partial charge in [0.1, 0.15) is 12.4 Å². The van der Waals surface area contributed by atoms with E-state index in [1.165, 1.54) is 17.7 Å². The lowest BCUT2D eigenvalue weighted by Gasteiger charge is -2.22. The molecule has 26 heavy (non-hydrogen) atoms. The summed E-state index contributed by atoms with van der Waals surface area (Å²) >= 11 is 0. The minimum atomic E-state index is 0.581. The molecule has 3 aromatic rings. The summed E-state index contributed by atoms with van der Waals surface area (Å²) in [4.78, 5) is 9.49. The number of hydrogen-bond donors (Lipinski definition) is 0. The van der Waals surface area contributed by atoms with Crippen molar-refractivity contribution in [2.75, 3.05) is 38.1 Å². The molecule has 0 N–H and O–H groups in total. The summed E-state index contributed by atoms with van der Waals surface area (Å²) in [6.07, 6.45) is 3.19. The minimum absolute atomic E-state index is 0.581. The molecule has 1 fully saturated rings. The molecule has 1 aromatic heterocycles. The van der Waals surface area contributed by atoms with Gasteiger partial charge in [0.15, 0.2) is 0 Å². The molecule has 1 aliphatic rings. The van der Waals surface area contributed by atoms with Crippen LogP contribution in [0, 0.1) is 0 Å². The summed E-state index contributed by atoms with van der Waals surface area (Å²) in [6.45, 7) is 4.97. The van der Waals surface area contributed by atoms with E-state index in [9.17, 15) is 0 Å². The van der Waals surface area contributed by atoms with Crippen molar-refractivity contribution in [1.29, 1.82) is 0 Å². The zero-order chi connectivity index (χ0) is 17.8. The molecule has 0 amide bonds. The van der Waals surface area contributed by atoms with E-state index in [1.54, 1.807) is 0 Å². The van der Waals surface area contributed by atoms with Crippen LogP contribution in [0.2, 0.25) is 0 Å². The Balaban J connectivity index is 1.52. The molecule has 0 atom stereocenters. The van der Waals surface area contributed by atoms with E-state index in [4.69, 9.17) is 4.74 Å². The van der Waals surface area contributed by atoms with E-state index in [-0.39, 0.29) is 0 Å². The number of nitrogens with zero attached hydrogens (tertiary/aromatic N) is 3. The molecule has 0 bridgehead atoms. The quantitative estimate of drug-likeness (QED) is 0.714. The van der Waals surface area contributed by atoms with Gasteiger partial charge in [0.25, 0.3) is 0 Å². The van der Waals surface area contributed by atoms with Crippen molar-refractivity contribution in [3.63, 3.8) is 0 Å². The highest BCUT2D eigenvalue weighted by Gasteiger charge is 2.13. The molecule has 4 rings (SSSR count). The number of aromatic nitrogens is 1. The van der Waals surface area contributed by atoms with Crippen LogP contribution in [0.4, 0.5) is 5.69 Å². The zero-order valence-corrected chi connectivity index (χ0v) is 15.3. The van der Waals surface area contributed by atoms with Crippen LogP contribution in [0.5, 0.6) is 5.75 Å². The summed E-state index contributed by atoms with van der Waals surface area (Å²) in [5.74, 6) is 0.885. The Bertz CT molecular complexity index is 866. The summed E-state index contributed by atoms with van der Waals surface area (Å²) < 4.78 is 5.97. The minimum Gasteiger partial charge on any atom is -0.489 e. The topological polar surface area (TPSA) is 28.6 Å². The Hall–Kier alpha value is -2.59. The highest BCUT2D eigenvalue weighted by molar-refractivity contribution is 5.83. The lowest BCUT2D eigenvalue weighted by molar-refractivity contribution is 0.306. The molecule has 0 unspecified atom stereocenters. The van der Waals surface area contributed by atoms with Crippen LogP contribution in [0.3, 0.4) is 0 Å². The third-order valence-electron chi connectivity index (χ3n) is 4.97. The maximum atomic E-state index is 5.97. The second-order valence-corrected chi connectivity index (χ2v) is 6.97. The molecule has 1 saturated heterocycles. The fourth-order valence-electron chi connectivity index (χ4n) is 3.41. The largest absolute Gasteiger partial charge is 0.489 e. The van der Waals surface area contributed by atoms with Crippen LogP contribution < -0.4 is 9.64 Å². The van der Waals surface area contributed by atoms with E-state index in [1.807, 2.05) is 36.5 Å². The molecular weight excluding hydrogens is 322 g/mol. The number of hydrogen-bond acceptors (Lipinski definition) is 4. The highest BCUT2D eigenvalue weighted by Crippen LogP contribution is 2.25. The number of fused-ring (bicyclic) bond motifs is 1. The summed E-state index contributed by atoms with van der Waals surface area (Å²) in [7, 11) is 2.19. The van der Waals surface area contributed by atoms with Gasteiger partial charge in [-0.25, -0.2) is 0 Å². The predicted molar refractivity (Wildman–Crippen MR) is 107 cm³/mol. The maximum absolute atomic E-state index is 5.97. The smallest absolute Gasteiger partial charge is 0.120 e. The number of benzene rings is 2. The first-order valence-corrected chi connectivity index (χ1v) is 9.28. The third kappa shape index (κ3) is 3.97. The van der Waals surface area contributed by atoms with Crippen LogP contribution in [-0.4, -0.2) is 43.1 Å². The van der Waals surface area contributed by atoms with Gasteiger partial charge in [0.05, 0.1) is 17.4 Å². The van der Waals surface area contributed by atoms with E-state index < -0.39 is 0 Å². The van der Waals surface area contributed by atoms with Crippen LogP contribution in [0.1, 0.15) is 12.0 Å². The SMILES string of the molecule is CN1CCCN(c2cnc3ccc(OCc4ccccc4)cc3c2)CC1. The summed E-state index contributed by atoms with van der Waals surface area (Å²) in [6, 6.07) is 18.6. The predicted octanol–water partition coefficient (Wildman–Crippen LogP) is 3.96. The van der Waals surface area contributed by atoms with E-state index >= 15 is 0 Å². The normalized spacial score (nSPS) is 15.8. The van der Waals surface area contributed by atoms with Gasteiger partial charge in [0, 0.05) is 25.0 Å². The standard InChI is InChI=1S/C22H25N3O/c1-24-10-5-11-25(13-12-24)20-14-19-15-21(8-9-22(19)23-16-20)26-17-18-6-3-2-4-7-18/h2-4,6-9,14-16H,5,10-13,17H2,1H3. The number of ether oxygens (including phenoxy) is 1. The molecule has 134 valence electrons. The van der Waals surface area contributed by atoms with Gasteiger partial charge < -0.3 is 14.5 Å². The summed E-state index contributed by atoms with van der Waals surface area (Å²) in [5.41, 5.74) is 3.38. The lowest BCUT2D eigenvalue weighted by atomic mass is 10.2. The Morgan fingerprint density at radius 2 is 1.85 bits per heavy atom. The van der Waals surface area contributed by atoms with Crippen LogP contribution in [-0.2, 0) is 6.61 Å². The van der Waals surface area contributed by atoms with Gasteiger partial charge in [0.2, 0.25) is 0 Å². The molecule has 4 nitrogen and oxygen atoms in total. The van der Waals surface area contributed by atoms with Gasteiger partial charge in [-0.2, -0.15) is 0 Å². The average Bonchev–Trinajstić information content (AvgIpc) is 2.91. The van der Waals surface area contributed by atoms with Crippen molar-refractivity contribution in [1.82, 2.24) is 9.88 Å². The lowest BCUT2D eigenvalue weighted by Crippen LogP contribution is -2.28. The number of pyridine rings is 1. The number of anilines is 1. The van der Waals surface area contributed by atoms with Crippen molar-refractivity contribution < 1.29 is 4.74 Å². The first-order valence-electron chi connectivity index (χ1n) is 9.28. The fraction of sp³-hybridized carbons (Fsp3) is 0.318. The molecular formula is C22H25N3O. The highest BCUT2D eigenvalue weighted by atomic mass is 16.5. The number of rotatable bonds is 4. The maximum Gasteiger partial charge on any atom is 0.120 e. The molecule has 0 spiro atoms. The Morgan fingerprint density at radius 3 is 2.73 bits per heavy atom. The van der Waals surface area contributed by atoms with Crippen molar-refractivity contribution in [3.05, 3.63) is 66.4 Å². The van der Waals surface area contributed by atoms with Crippen molar-refractivity contribution in [3.8, 4) is 5.75 Å². The first kappa shape index (κ1) is 16.9. The van der Waals surface area contributed by atoms with Crippen molar-refractivity contribution >= 4 is 16.6 Å². The van der Waals surface area contributed by atoms with Gasteiger partial charge in [-0.3, -0.25) is 4.98 Å². The van der Waals surface area contributed by atoms with Gasteiger partial charge >= 0.3 is 0 Å². The van der Waals surface area contributed by atoms with Crippen molar-refractivity contribution in [2.45, 2.75) is 13.0 Å². The van der Waals surface area contributed by atoms with Gasteiger partial charge in [-0.05, 0) is 49.8 Å². The molecule has 0 aliphatic carbocycles. The van der Waals surface area contributed by atoms with Crippen LogP contribution in [0.15, 0.2) is 60.8 Å². The zero-order valence-electron chi connectivity index (χ0n) is 15.3. The molecule has 0 saturated carbocycles. The molecule has 0 radical (unpaired) electrons. The summed E-state index contributed by atoms with van der Waals surface area (Å²) in [5, 5.41) is 1.13. The van der Waals surface area contributed by atoms with Crippen molar-refractivity contribution in [2.24, 2.45) is 0 Å². The molecule has 1 aliphatic heterocycles. The fourth-order valence-corrected chi connectivity index (χ4v) is 3.41. The second-order valence-electron chi connectivity index (χ2n) is 6.97. The van der Waals surface area contributed by atoms with Crippen LogP contribution >= 0.6 is 0 Å². The Labute approximate surface area is 155 Å². The first-order chi connectivity index (χ1) is 12.8. The average molecular weight is 347 g/mol. The van der Waals surface area contributed by atoms with E-state index in [0.29, 0.717) is 6.61 Å². The van der Waals surface area contributed by atoms with Crippen LogP contribution in [0.25, 0.3) is 10.9 Å². The monoisotopic (exact) mass is 347 g/mol. The second kappa shape index (κ2) is 7.75. The molecule has 2 aromatic carbocycles. The third-order valence-corrected chi connectivity index (χ3v) is 4.97.